The van der Waals surface area contributed by atoms with Gasteiger partial charge in [0, 0.05) is 18.4 Å². The second-order valence-corrected chi connectivity index (χ2v) is 6.54. The lowest BCUT2D eigenvalue weighted by molar-refractivity contribution is -0.152. The Bertz CT molecular complexity index is 764. The van der Waals surface area contributed by atoms with E-state index >= 15 is 0 Å². The van der Waals surface area contributed by atoms with E-state index in [4.69, 9.17) is 4.74 Å². The topological polar surface area (TPSA) is 43.4 Å². The average molecular weight is 334 g/mol. The van der Waals surface area contributed by atoms with E-state index in [1.807, 2.05) is 54.6 Å². The number of carbonyl (C=O) groups excluding carboxylic acids is 2. The summed E-state index contributed by atoms with van der Waals surface area (Å²) in [5.74, 6) is -0.350. The van der Waals surface area contributed by atoms with E-state index in [-0.39, 0.29) is 17.7 Å². The molecular weight excluding hydrogens is 312 g/mol. The summed E-state index contributed by atoms with van der Waals surface area (Å²) in [7, 11) is 0. The molecule has 0 amide bonds. The fourth-order valence-corrected chi connectivity index (χ4v) is 3.54. The highest BCUT2D eigenvalue weighted by molar-refractivity contribution is 5.86. The number of cyclic esters (lactones) is 1. The molecule has 3 nitrogen and oxygen atoms in total. The molecule has 0 fully saturated rings. The van der Waals surface area contributed by atoms with E-state index in [0.29, 0.717) is 6.42 Å². The van der Waals surface area contributed by atoms with E-state index in [1.54, 1.807) is 6.92 Å². The second kappa shape index (κ2) is 7.47. The minimum atomic E-state index is -0.862. The minimum Gasteiger partial charge on any atom is -0.446 e. The molecule has 1 aliphatic rings. The highest BCUT2D eigenvalue weighted by Gasteiger charge is 2.44. The van der Waals surface area contributed by atoms with Gasteiger partial charge < -0.3 is 9.53 Å². The van der Waals surface area contributed by atoms with E-state index in [1.165, 1.54) is 11.6 Å². The highest BCUT2D eigenvalue weighted by atomic mass is 16.6. The first-order valence-corrected chi connectivity index (χ1v) is 8.61. The van der Waals surface area contributed by atoms with E-state index in [9.17, 15) is 9.59 Å². The van der Waals surface area contributed by atoms with E-state index < -0.39 is 5.60 Å². The molecule has 1 heterocycles. The van der Waals surface area contributed by atoms with Crippen LogP contribution in [0.3, 0.4) is 0 Å². The molecule has 0 spiro atoms. The third-order valence-corrected chi connectivity index (χ3v) is 4.73. The Morgan fingerprint density at radius 2 is 1.68 bits per heavy atom. The van der Waals surface area contributed by atoms with Crippen LogP contribution in [0.25, 0.3) is 0 Å². The lowest BCUT2D eigenvalue weighted by Crippen LogP contribution is -2.36. The maximum absolute atomic E-state index is 11.9. The maximum atomic E-state index is 11.9. The van der Waals surface area contributed by atoms with Crippen molar-refractivity contribution < 1.29 is 14.3 Å². The summed E-state index contributed by atoms with van der Waals surface area (Å²) >= 11 is 0. The number of benzene rings is 2. The van der Waals surface area contributed by atoms with Gasteiger partial charge in [0.25, 0.3) is 0 Å². The van der Waals surface area contributed by atoms with Crippen LogP contribution in [-0.2, 0) is 26.3 Å². The maximum Gasteiger partial charge on any atom is 0.331 e. The average Bonchev–Trinajstić information content (AvgIpc) is 3.03. The molecule has 0 radical (unpaired) electrons. The molecule has 25 heavy (non-hydrogen) atoms. The third-order valence-electron chi connectivity index (χ3n) is 4.73. The molecule has 2 aromatic carbocycles. The van der Waals surface area contributed by atoms with Crippen molar-refractivity contribution in [2.75, 3.05) is 0 Å². The number of ether oxygens (including phenoxy) is 1. The molecule has 0 unspecified atom stereocenters. The normalized spacial score (nSPS) is 20.3. The Morgan fingerprint density at radius 3 is 2.24 bits per heavy atom. The van der Waals surface area contributed by atoms with Gasteiger partial charge in [0.15, 0.2) is 5.60 Å². The SMILES string of the molecule is CC(=O)C[C@@H](CCc1ccccc1)[C@]1(c2ccccc2)C=CC(=O)O1. The molecule has 3 rings (SSSR count). The van der Waals surface area contributed by atoms with Crippen molar-refractivity contribution >= 4 is 11.8 Å². The Balaban J connectivity index is 1.92. The van der Waals surface area contributed by atoms with Gasteiger partial charge in [0.05, 0.1) is 0 Å². The zero-order valence-corrected chi connectivity index (χ0v) is 14.4. The largest absolute Gasteiger partial charge is 0.446 e. The lowest BCUT2D eigenvalue weighted by Gasteiger charge is -2.35. The number of Topliss-reactive ketones (excluding diaryl/α,β-unsaturated/α-hetero) is 1. The Hall–Kier alpha value is -2.68. The predicted octanol–water partition coefficient (Wildman–Crippen LogP) is 4.22. The molecule has 2 atom stereocenters. The standard InChI is InChI=1S/C22H22O3/c1-17(23)16-20(13-12-18-8-4-2-5-9-18)22(15-14-21(24)25-22)19-10-6-3-7-11-19/h2-11,14-15,20H,12-13,16H2,1H3/t20-,22-/m1/s1. The molecule has 0 bridgehead atoms. The van der Waals surface area contributed by atoms with Crippen LogP contribution in [0.1, 0.15) is 30.9 Å². The highest BCUT2D eigenvalue weighted by Crippen LogP contribution is 2.43. The van der Waals surface area contributed by atoms with Crippen molar-refractivity contribution in [1.29, 1.82) is 0 Å². The van der Waals surface area contributed by atoms with Crippen molar-refractivity contribution in [3.63, 3.8) is 0 Å². The summed E-state index contributed by atoms with van der Waals surface area (Å²) in [5, 5.41) is 0. The van der Waals surface area contributed by atoms with Crippen molar-refractivity contribution in [1.82, 2.24) is 0 Å². The van der Waals surface area contributed by atoms with Crippen molar-refractivity contribution in [3.8, 4) is 0 Å². The van der Waals surface area contributed by atoms with Crippen molar-refractivity contribution in [2.45, 2.75) is 31.8 Å². The number of aryl methyl sites for hydroxylation is 1. The van der Waals surface area contributed by atoms with E-state index in [0.717, 1.165) is 18.4 Å². The van der Waals surface area contributed by atoms with Gasteiger partial charge in [0.1, 0.15) is 5.78 Å². The van der Waals surface area contributed by atoms with Gasteiger partial charge in [-0.1, -0.05) is 60.7 Å². The van der Waals surface area contributed by atoms with Crippen LogP contribution in [0.15, 0.2) is 72.8 Å². The monoisotopic (exact) mass is 334 g/mol. The number of rotatable bonds is 7. The number of hydrogen-bond acceptors (Lipinski definition) is 3. The Labute approximate surface area is 148 Å². The fraction of sp³-hybridized carbons (Fsp3) is 0.273. The summed E-state index contributed by atoms with van der Waals surface area (Å²) in [6.45, 7) is 1.59. The summed E-state index contributed by atoms with van der Waals surface area (Å²) in [6.07, 6.45) is 5.26. The van der Waals surface area contributed by atoms with Gasteiger partial charge >= 0.3 is 5.97 Å². The van der Waals surface area contributed by atoms with Crippen LogP contribution in [0, 0.1) is 5.92 Å². The summed E-state index contributed by atoms with van der Waals surface area (Å²) < 4.78 is 5.78. The molecule has 0 aliphatic carbocycles. The number of esters is 1. The summed E-state index contributed by atoms with van der Waals surface area (Å²) in [6, 6.07) is 19.9. The smallest absolute Gasteiger partial charge is 0.331 e. The molecule has 0 saturated heterocycles. The van der Waals surface area contributed by atoms with Gasteiger partial charge in [-0.25, -0.2) is 4.79 Å². The molecule has 1 aliphatic heterocycles. The minimum absolute atomic E-state index is 0.102. The lowest BCUT2D eigenvalue weighted by atomic mass is 9.76. The van der Waals surface area contributed by atoms with Crippen molar-refractivity contribution in [3.05, 3.63) is 83.9 Å². The molecule has 0 saturated carbocycles. The third kappa shape index (κ3) is 3.87. The molecule has 128 valence electrons. The quantitative estimate of drug-likeness (QED) is 0.712. The van der Waals surface area contributed by atoms with Gasteiger partial charge in [-0.15, -0.1) is 0 Å². The molecule has 0 aromatic heterocycles. The number of carbonyl (C=O) groups is 2. The van der Waals surface area contributed by atoms with Crippen LogP contribution in [0.2, 0.25) is 0 Å². The number of hydrogen-bond donors (Lipinski definition) is 0. The zero-order valence-electron chi connectivity index (χ0n) is 14.4. The second-order valence-electron chi connectivity index (χ2n) is 6.54. The molecule has 0 N–H and O–H groups in total. The zero-order chi connectivity index (χ0) is 17.7. The van der Waals surface area contributed by atoms with Gasteiger partial charge in [-0.05, 0) is 37.0 Å². The van der Waals surface area contributed by atoms with E-state index in [2.05, 4.69) is 12.1 Å². The number of ketones is 1. The van der Waals surface area contributed by atoms with Crippen LogP contribution in [-0.4, -0.2) is 11.8 Å². The Kier molecular flexibility index (Phi) is 5.13. The Morgan fingerprint density at radius 1 is 1.04 bits per heavy atom. The van der Waals surface area contributed by atoms with Gasteiger partial charge in [-0.3, -0.25) is 0 Å². The van der Waals surface area contributed by atoms with Crippen LogP contribution in [0.4, 0.5) is 0 Å². The predicted molar refractivity (Wildman–Crippen MR) is 96.9 cm³/mol. The summed E-state index contributed by atoms with van der Waals surface area (Å²) in [5.41, 5.74) is 1.27. The first kappa shape index (κ1) is 17.2. The first-order valence-electron chi connectivity index (χ1n) is 8.61. The van der Waals surface area contributed by atoms with Crippen molar-refractivity contribution in [2.24, 2.45) is 5.92 Å². The van der Waals surface area contributed by atoms with Crippen LogP contribution >= 0.6 is 0 Å². The van der Waals surface area contributed by atoms with Crippen LogP contribution < -0.4 is 0 Å². The molecule has 2 aromatic rings. The summed E-state index contributed by atoms with van der Waals surface area (Å²) in [4.78, 5) is 23.8. The van der Waals surface area contributed by atoms with Gasteiger partial charge in [-0.2, -0.15) is 0 Å². The van der Waals surface area contributed by atoms with Gasteiger partial charge in [0.2, 0.25) is 0 Å². The van der Waals surface area contributed by atoms with Crippen LogP contribution in [0.5, 0.6) is 0 Å². The first-order chi connectivity index (χ1) is 12.1. The molecular formula is C22H22O3. The fourth-order valence-electron chi connectivity index (χ4n) is 3.54. The molecule has 3 heteroatoms.